The van der Waals surface area contributed by atoms with Gasteiger partial charge in [-0.2, -0.15) is 0 Å². The quantitative estimate of drug-likeness (QED) is 0.384. The zero-order valence-corrected chi connectivity index (χ0v) is 21.1. The lowest BCUT2D eigenvalue weighted by Gasteiger charge is -2.31. The summed E-state index contributed by atoms with van der Waals surface area (Å²) >= 11 is 6.49. The summed E-state index contributed by atoms with van der Waals surface area (Å²) in [6, 6.07) is 12.9. The predicted octanol–water partition coefficient (Wildman–Crippen LogP) is 3.97. The Morgan fingerprint density at radius 2 is 2.05 bits per heavy atom. The van der Waals surface area contributed by atoms with Crippen LogP contribution >= 0.6 is 11.6 Å². The molecule has 3 heterocycles. The van der Waals surface area contributed by atoms with Crippen LogP contribution in [0.5, 0.6) is 0 Å². The summed E-state index contributed by atoms with van der Waals surface area (Å²) < 4.78 is 22.0. The van der Waals surface area contributed by atoms with Crippen LogP contribution < -0.4 is 16.2 Å². The minimum absolute atomic E-state index is 0.0224. The molecule has 1 saturated heterocycles. The maximum Gasteiger partial charge on any atom is 0.357 e. The minimum atomic E-state index is -0.713. The van der Waals surface area contributed by atoms with Crippen molar-refractivity contribution in [1.29, 1.82) is 0 Å². The zero-order chi connectivity index (χ0) is 26.1. The van der Waals surface area contributed by atoms with Crippen molar-refractivity contribution in [3.8, 4) is 5.69 Å². The van der Waals surface area contributed by atoms with Crippen molar-refractivity contribution >= 4 is 28.9 Å². The number of carbonyl (C=O) groups excluding carboxylic acids is 1. The monoisotopic (exact) mass is 523 g/mol. The van der Waals surface area contributed by atoms with Gasteiger partial charge in [0.15, 0.2) is 11.5 Å². The summed E-state index contributed by atoms with van der Waals surface area (Å²) in [6.45, 7) is 3.11. The molecule has 1 aliphatic rings. The standard InChI is InChI=1S/C27H27ClFN5O3/c1-2-37-27(36)23-16-33-24(26(35)34(23)20-10-5-8-18(29)14-20)21(13-17-7-3-4-11-22(17)28)25(31-33)32-12-6-9-19(30)15-32/h3-5,7-8,10-11,14,16,19H,2,6,9,12-13,15,30H2,1H3/t19-/m1/s1. The number of ether oxygens (including phenoxy) is 1. The molecule has 0 unspecified atom stereocenters. The van der Waals surface area contributed by atoms with Crippen molar-refractivity contribution in [2.45, 2.75) is 32.2 Å². The Kier molecular flexibility index (Phi) is 6.99. The normalized spacial score (nSPS) is 15.8. The lowest BCUT2D eigenvalue weighted by Crippen LogP contribution is -2.43. The molecule has 1 fully saturated rings. The van der Waals surface area contributed by atoms with E-state index in [1.165, 1.54) is 33.5 Å². The number of anilines is 1. The van der Waals surface area contributed by atoms with Gasteiger partial charge in [-0.1, -0.05) is 35.9 Å². The second kappa shape index (κ2) is 10.4. The number of hydrogen-bond donors (Lipinski definition) is 1. The van der Waals surface area contributed by atoms with E-state index in [9.17, 15) is 14.0 Å². The van der Waals surface area contributed by atoms with E-state index in [1.807, 2.05) is 18.2 Å². The number of nitrogens with two attached hydrogens (primary N) is 1. The van der Waals surface area contributed by atoms with Crippen molar-refractivity contribution in [1.82, 2.24) is 14.2 Å². The number of fused-ring (bicyclic) bond motifs is 1. The lowest BCUT2D eigenvalue weighted by atomic mass is 10.0. The van der Waals surface area contributed by atoms with Crippen LogP contribution in [0.25, 0.3) is 11.2 Å². The van der Waals surface area contributed by atoms with Crippen LogP contribution in [-0.4, -0.2) is 45.9 Å². The minimum Gasteiger partial charge on any atom is -0.461 e. The Hall–Kier alpha value is -3.69. The van der Waals surface area contributed by atoms with E-state index in [2.05, 4.69) is 4.90 Å². The Labute approximate surface area is 218 Å². The molecule has 0 aliphatic carbocycles. The van der Waals surface area contributed by atoms with Gasteiger partial charge < -0.3 is 15.4 Å². The molecular formula is C27H27ClFN5O3. The fraction of sp³-hybridized carbons (Fsp3) is 0.296. The molecule has 0 radical (unpaired) electrons. The number of aromatic nitrogens is 3. The molecule has 8 nitrogen and oxygen atoms in total. The highest BCUT2D eigenvalue weighted by atomic mass is 35.5. The van der Waals surface area contributed by atoms with Gasteiger partial charge in [0.25, 0.3) is 5.56 Å². The zero-order valence-electron chi connectivity index (χ0n) is 20.4. The number of halogens is 2. The third kappa shape index (κ3) is 4.84. The number of hydrogen-bond acceptors (Lipinski definition) is 6. The van der Waals surface area contributed by atoms with E-state index in [0.29, 0.717) is 29.4 Å². The van der Waals surface area contributed by atoms with Gasteiger partial charge >= 0.3 is 5.97 Å². The molecule has 192 valence electrons. The second-order valence-electron chi connectivity index (χ2n) is 9.07. The first-order chi connectivity index (χ1) is 17.9. The first kappa shape index (κ1) is 25.0. The van der Waals surface area contributed by atoms with Gasteiger partial charge in [-0.3, -0.25) is 9.36 Å². The van der Waals surface area contributed by atoms with Gasteiger partial charge in [-0.05, 0) is 49.6 Å². The van der Waals surface area contributed by atoms with Crippen LogP contribution in [0.1, 0.15) is 41.4 Å². The predicted molar refractivity (Wildman–Crippen MR) is 140 cm³/mol. The number of rotatable bonds is 6. The number of piperidine rings is 1. The molecule has 2 aromatic heterocycles. The summed E-state index contributed by atoms with van der Waals surface area (Å²) in [5.74, 6) is -0.638. The molecule has 2 aromatic carbocycles. The van der Waals surface area contributed by atoms with Gasteiger partial charge in [0.1, 0.15) is 11.3 Å². The van der Waals surface area contributed by atoms with Crippen LogP contribution in [0.2, 0.25) is 5.02 Å². The molecule has 0 saturated carbocycles. The molecule has 10 heteroatoms. The average molecular weight is 524 g/mol. The Balaban J connectivity index is 1.80. The van der Waals surface area contributed by atoms with Crippen LogP contribution in [0.15, 0.2) is 59.5 Å². The first-order valence-electron chi connectivity index (χ1n) is 12.2. The van der Waals surface area contributed by atoms with Gasteiger partial charge in [0.05, 0.1) is 18.5 Å². The van der Waals surface area contributed by atoms with Crippen LogP contribution in [0, 0.1) is 5.82 Å². The number of nitrogens with zero attached hydrogens (tertiary/aromatic N) is 4. The van der Waals surface area contributed by atoms with Crippen LogP contribution in [-0.2, 0) is 11.2 Å². The van der Waals surface area contributed by atoms with Gasteiger partial charge in [-0.25, -0.2) is 13.7 Å². The van der Waals surface area contributed by atoms with E-state index in [4.69, 9.17) is 27.2 Å². The third-order valence-electron chi connectivity index (χ3n) is 6.51. The van der Waals surface area contributed by atoms with Crippen molar-refractivity contribution in [3.05, 3.63) is 92.7 Å². The SMILES string of the molecule is CCOC(=O)c1cn2nc(N3CCC[C@@H](N)C3)c(Cc3ccccc3Cl)c2c(=O)n1-c1cccc(F)c1. The van der Waals surface area contributed by atoms with Crippen LogP contribution in [0.3, 0.4) is 0 Å². The smallest absolute Gasteiger partial charge is 0.357 e. The van der Waals surface area contributed by atoms with Gasteiger partial charge in [-0.15, -0.1) is 5.10 Å². The Morgan fingerprint density at radius 1 is 1.24 bits per heavy atom. The third-order valence-corrected chi connectivity index (χ3v) is 6.88. The molecular weight excluding hydrogens is 497 g/mol. The lowest BCUT2D eigenvalue weighted by molar-refractivity contribution is 0.0514. The maximum atomic E-state index is 14.2. The maximum absolute atomic E-state index is 14.2. The fourth-order valence-electron chi connectivity index (χ4n) is 4.84. The van der Waals surface area contributed by atoms with Crippen molar-refractivity contribution in [3.63, 3.8) is 0 Å². The Bertz CT molecular complexity index is 1530. The summed E-state index contributed by atoms with van der Waals surface area (Å²) in [6.07, 6.45) is 3.59. The molecule has 0 amide bonds. The highest BCUT2D eigenvalue weighted by molar-refractivity contribution is 6.31. The second-order valence-corrected chi connectivity index (χ2v) is 9.47. The van der Waals surface area contributed by atoms with Gasteiger partial charge in [0.2, 0.25) is 0 Å². The molecule has 2 N–H and O–H groups in total. The van der Waals surface area contributed by atoms with Crippen LogP contribution in [0.4, 0.5) is 10.2 Å². The topological polar surface area (TPSA) is 94.9 Å². The number of carbonyl (C=O) groups is 1. The molecule has 1 aliphatic heterocycles. The molecule has 0 spiro atoms. The van der Waals surface area contributed by atoms with E-state index >= 15 is 0 Å². The molecule has 4 aromatic rings. The molecule has 37 heavy (non-hydrogen) atoms. The first-order valence-corrected chi connectivity index (χ1v) is 12.6. The molecule has 0 bridgehead atoms. The van der Waals surface area contributed by atoms with Crippen molar-refractivity contribution < 1.29 is 13.9 Å². The van der Waals surface area contributed by atoms with Gasteiger partial charge in [0, 0.05) is 36.1 Å². The summed E-state index contributed by atoms with van der Waals surface area (Å²) in [5, 5.41) is 5.33. The Morgan fingerprint density at radius 3 is 2.78 bits per heavy atom. The van der Waals surface area contributed by atoms with Crippen molar-refractivity contribution in [2.24, 2.45) is 5.73 Å². The van der Waals surface area contributed by atoms with Crippen molar-refractivity contribution in [2.75, 3.05) is 24.6 Å². The summed E-state index contributed by atoms with van der Waals surface area (Å²) in [5.41, 5.74) is 7.66. The van der Waals surface area contributed by atoms with E-state index in [-0.39, 0.29) is 29.5 Å². The summed E-state index contributed by atoms with van der Waals surface area (Å²) in [4.78, 5) is 29.1. The van der Waals surface area contributed by atoms with E-state index in [1.54, 1.807) is 19.1 Å². The largest absolute Gasteiger partial charge is 0.461 e. The highest BCUT2D eigenvalue weighted by Gasteiger charge is 2.28. The number of benzene rings is 2. The number of esters is 1. The fourth-order valence-corrected chi connectivity index (χ4v) is 5.04. The highest BCUT2D eigenvalue weighted by Crippen LogP contribution is 2.30. The summed E-state index contributed by atoms with van der Waals surface area (Å²) in [7, 11) is 0. The van der Waals surface area contributed by atoms with E-state index < -0.39 is 17.3 Å². The molecule has 1 atom stereocenters. The molecule has 5 rings (SSSR count). The average Bonchev–Trinajstić information content (AvgIpc) is 3.24. The van der Waals surface area contributed by atoms with E-state index in [0.717, 1.165) is 24.9 Å².